The van der Waals surface area contributed by atoms with E-state index < -0.39 is 0 Å². The molecule has 2 aromatic rings. The van der Waals surface area contributed by atoms with Gasteiger partial charge < -0.3 is 9.80 Å². The van der Waals surface area contributed by atoms with Gasteiger partial charge in [0.2, 0.25) is 0 Å². The second-order valence-corrected chi connectivity index (χ2v) is 6.00. The number of piperazine rings is 1. The molecule has 0 aliphatic carbocycles. The number of anilines is 1. The maximum absolute atomic E-state index is 11.2. The quantitative estimate of drug-likeness (QED) is 0.676. The van der Waals surface area contributed by atoms with E-state index in [0.29, 0.717) is 0 Å². The Balaban J connectivity index is 1.55. The molecule has 0 unspecified atom stereocenters. The van der Waals surface area contributed by atoms with Crippen molar-refractivity contribution in [2.24, 2.45) is 0 Å². The first-order chi connectivity index (χ1) is 11.7. The van der Waals surface area contributed by atoms with Crippen LogP contribution in [-0.4, -0.2) is 37.6 Å². The molecule has 1 aliphatic rings. The molecule has 0 amide bonds. The van der Waals surface area contributed by atoms with Crippen molar-refractivity contribution in [3.63, 3.8) is 0 Å². The average Bonchev–Trinajstić information content (AvgIpc) is 2.63. The molecule has 0 spiro atoms. The summed E-state index contributed by atoms with van der Waals surface area (Å²) in [5.74, 6) is 0. The van der Waals surface area contributed by atoms with Crippen molar-refractivity contribution in [1.29, 1.82) is 0 Å². The molecule has 0 aromatic heterocycles. The Morgan fingerprint density at radius 2 is 1.71 bits per heavy atom. The lowest BCUT2D eigenvalue weighted by molar-refractivity contribution is -0.894. The number of quaternary nitrogens is 1. The number of nitro benzene ring substituents is 1. The molecule has 5 heteroatoms. The Kier molecular flexibility index (Phi) is 5.23. The highest BCUT2D eigenvalue weighted by molar-refractivity contribution is 5.63. The van der Waals surface area contributed by atoms with Crippen LogP contribution >= 0.6 is 0 Å². The first-order valence-corrected chi connectivity index (χ1v) is 8.27. The van der Waals surface area contributed by atoms with Gasteiger partial charge in [-0.05, 0) is 17.7 Å². The lowest BCUT2D eigenvalue weighted by Gasteiger charge is -2.32. The second-order valence-electron chi connectivity index (χ2n) is 6.00. The first kappa shape index (κ1) is 16.2. The summed E-state index contributed by atoms with van der Waals surface area (Å²) in [5, 5.41) is 11.2. The fourth-order valence-electron chi connectivity index (χ4n) is 3.08. The monoisotopic (exact) mass is 324 g/mol. The summed E-state index contributed by atoms with van der Waals surface area (Å²) in [7, 11) is 0. The van der Waals surface area contributed by atoms with Crippen LogP contribution in [0.5, 0.6) is 0 Å². The van der Waals surface area contributed by atoms with E-state index >= 15 is 0 Å². The molecular weight excluding hydrogens is 302 g/mol. The SMILES string of the molecule is O=[N+]([O-])c1ccccc1N1CC[NH+](C/C=C/c2ccccc2)CC1. The molecule has 1 aliphatic heterocycles. The van der Waals surface area contributed by atoms with Gasteiger partial charge in [-0.2, -0.15) is 0 Å². The Hall–Kier alpha value is -2.66. The van der Waals surface area contributed by atoms with Crippen molar-refractivity contribution in [3.05, 3.63) is 76.4 Å². The minimum Gasteiger partial charge on any atom is -0.355 e. The van der Waals surface area contributed by atoms with Gasteiger partial charge in [-0.1, -0.05) is 48.5 Å². The summed E-state index contributed by atoms with van der Waals surface area (Å²) in [6.45, 7) is 4.66. The van der Waals surface area contributed by atoms with Gasteiger partial charge in [-0.15, -0.1) is 0 Å². The molecule has 3 rings (SSSR count). The van der Waals surface area contributed by atoms with E-state index in [-0.39, 0.29) is 10.6 Å². The van der Waals surface area contributed by atoms with E-state index in [9.17, 15) is 10.1 Å². The average molecular weight is 324 g/mol. The van der Waals surface area contributed by atoms with Crippen molar-refractivity contribution >= 4 is 17.5 Å². The third-order valence-corrected chi connectivity index (χ3v) is 4.41. The van der Waals surface area contributed by atoms with Gasteiger partial charge in [0, 0.05) is 6.07 Å². The van der Waals surface area contributed by atoms with Crippen LogP contribution in [0.4, 0.5) is 11.4 Å². The van der Waals surface area contributed by atoms with Crippen LogP contribution in [0.15, 0.2) is 60.7 Å². The van der Waals surface area contributed by atoms with Crippen molar-refractivity contribution in [3.8, 4) is 0 Å². The number of nitro groups is 1. The zero-order chi connectivity index (χ0) is 16.8. The Morgan fingerprint density at radius 1 is 1.04 bits per heavy atom. The van der Waals surface area contributed by atoms with Crippen LogP contribution in [0.1, 0.15) is 5.56 Å². The summed E-state index contributed by atoms with van der Waals surface area (Å²) >= 11 is 0. The van der Waals surface area contributed by atoms with E-state index in [1.165, 1.54) is 10.5 Å². The zero-order valence-electron chi connectivity index (χ0n) is 13.6. The van der Waals surface area contributed by atoms with Crippen LogP contribution in [-0.2, 0) is 0 Å². The molecule has 2 aromatic carbocycles. The van der Waals surface area contributed by atoms with Crippen LogP contribution < -0.4 is 9.80 Å². The van der Waals surface area contributed by atoms with Gasteiger partial charge in [0.15, 0.2) is 0 Å². The number of hydrogen-bond acceptors (Lipinski definition) is 3. The number of hydrogen-bond donors (Lipinski definition) is 1. The molecule has 1 N–H and O–H groups in total. The summed E-state index contributed by atoms with van der Waals surface area (Å²) in [4.78, 5) is 14.5. The van der Waals surface area contributed by atoms with Gasteiger partial charge in [0.05, 0.1) is 37.6 Å². The van der Waals surface area contributed by atoms with Crippen LogP contribution in [0.2, 0.25) is 0 Å². The van der Waals surface area contributed by atoms with Crippen molar-refractivity contribution in [2.45, 2.75) is 0 Å². The van der Waals surface area contributed by atoms with Crippen molar-refractivity contribution in [1.82, 2.24) is 0 Å². The second kappa shape index (κ2) is 7.75. The highest BCUT2D eigenvalue weighted by atomic mass is 16.6. The number of benzene rings is 2. The fraction of sp³-hybridized carbons (Fsp3) is 0.263. The van der Waals surface area contributed by atoms with E-state index in [1.807, 2.05) is 30.3 Å². The lowest BCUT2D eigenvalue weighted by Crippen LogP contribution is -3.14. The minimum atomic E-state index is -0.294. The molecule has 1 heterocycles. The molecule has 0 radical (unpaired) electrons. The van der Waals surface area contributed by atoms with Crippen molar-refractivity contribution < 1.29 is 9.82 Å². The molecule has 124 valence electrons. The van der Waals surface area contributed by atoms with Crippen molar-refractivity contribution in [2.75, 3.05) is 37.6 Å². The minimum absolute atomic E-state index is 0.199. The lowest BCUT2D eigenvalue weighted by atomic mass is 10.2. The molecule has 5 nitrogen and oxygen atoms in total. The standard InChI is InChI=1S/C19H21N3O2/c23-22(24)19-11-5-4-10-18(19)21-15-13-20(14-16-21)12-6-9-17-7-2-1-3-8-17/h1-11H,12-16H2/p+1/b9-6+. The van der Waals surface area contributed by atoms with Crippen LogP contribution in [0.25, 0.3) is 6.08 Å². The third kappa shape index (κ3) is 4.00. The smallest absolute Gasteiger partial charge is 0.292 e. The maximum atomic E-state index is 11.2. The van der Waals surface area contributed by atoms with E-state index in [4.69, 9.17) is 0 Å². The number of para-hydroxylation sites is 2. The molecule has 1 fully saturated rings. The normalized spacial score (nSPS) is 15.8. The fourth-order valence-corrected chi connectivity index (χ4v) is 3.08. The third-order valence-electron chi connectivity index (χ3n) is 4.41. The Morgan fingerprint density at radius 3 is 2.42 bits per heavy atom. The number of nitrogens with one attached hydrogen (secondary N) is 1. The predicted octanol–water partition coefficient (Wildman–Crippen LogP) is 2.01. The molecule has 0 atom stereocenters. The predicted molar refractivity (Wildman–Crippen MR) is 96.3 cm³/mol. The summed E-state index contributed by atoms with van der Waals surface area (Å²) < 4.78 is 0. The summed E-state index contributed by atoms with van der Waals surface area (Å²) in [5.41, 5.74) is 2.15. The van der Waals surface area contributed by atoms with Gasteiger partial charge in [-0.25, -0.2) is 0 Å². The largest absolute Gasteiger partial charge is 0.355 e. The highest BCUT2D eigenvalue weighted by Gasteiger charge is 2.24. The number of rotatable bonds is 5. The molecule has 1 saturated heterocycles. The molecule has 24 heavy (non-hydrogen) atoms. The van der Waals surface area contributed by atoms with Gasteiger partial charge in [0.25, 0.3) is 5.69 Å². The number of nitrogens with zero attached hydrogens (tertiary/aromatic N) is 2. The highest BCUT2D eigenvalue weighted by Crippen LogP contribution is 2.27. The summed E-state index contributed by atoms with van der Waals surface area (Å²) in [6, 6.07) is 17.3. The first-order valence-electron chi connectivity index (χ1n) is 8.27. The molecular formula is C19H22N3O2+. The van der Waals surface area contributed by atoms with E-state index in [2.05, 4.69) is 29.2 Å². The molecule has 0 bridgehead atoms. The van der Waals surface area contributed by atoms with Crippen LogP contribution in [0, 0.1) is 10.1 Å². The maximum Gasteiger partial charge on any atom is 0.292 e. The van der Waals surface area contributed by atoms with Crippen LogP contribution in [0.3, 0.4) is 0 Å². The van der Waals surface area contributed by atoms with E-state index in [1.54, 1.807) is 12.1 Å². The summed E-state index contributed by atoms with van der Waals surface area (Å²) in [6.07, 6.45) is 4.37. The Bertz CT molecular complexity index is 708. The molecule has 0 saturated carbocycles. The zero-order valence-corrected chi connectivity index (χ0v) is 13.6. The van der Waals surface area contributed by atoms with E-state index in [0.717, 1.165) is 38.4 Å². The van der Waals surface area contributed by atoms with Gasteiger partial charge >= 0.3 is 0 Å². The topological polar surface area (TPSA) is 50.8 Å². The Labute approximate surface area is 142 Å². The van der Waals surface area contributed by atoms with Gasteiger partial charge in [-0.3, -0.25) is 10.1 Å². The van der Waals surface area contributed by atoms with Gasteiger partial charge in [0.1, 0.15) is 5.69 Å².